The van der Waals surface area contributed by atoms with E-state index in [-0.39, 0.29) is 5.60 Å². The van der Waals surface area contributed by atoms with Crippen LogP contribution in [0.2, 0.25) is 0 Å². The molecular formula is C14H20BrNOS. The maximum Gasteiger partial charge on any atom is 0.0708 e. The Morgan fingerprint density at radius 3 is 2.94 bits per heavy atom. The summed E-state index contributed by atoms with van der Waals surface area (Å²) >= 11 is 5.37. The van der Waals surface area contributed by atoms with Gasteiger partial charge in [-0.1, -0.05) is 12.8 Å². The quantitative estimate of drug-likeness (QED) is 0.898. The summed E-state index contributed by atoms with van der Waals surface area (Å²) in [5, 5.41) is 5.66. The van der Waals surface area contributed by atoms with Gasteiger partial charge in [0.05, 0.1) is 11.7 Å². The molecule has 2 fully saturated rings. The molecular weight excluding hydrogens is 310 g/mol. The molecule has 2 heterocycles. The molecule has 1 atom stereocenters. The molecule has 1 aliphatic heterocycles. The maximum atomic E-state index is 6.29. The molecule has 1 N–H and O–H groups in total. The van der Waals surface area contributed by atoms with Crippen LogP contribution in [0.3, 0.4) is 0 Å². The Morgan fingerprint density at radius 2 is 2.22 bits per heavy atom. The Bertz CT molecular complexity index is 400. The largest absolute Gasteiger partial charge is 0.370 e. The van der Waals surface area contributed by atoms with E-state index in [1.165, 1.54) is 47.9 Å². The van der Waals surface area contributed by atoms with Gasteiger partial charge in [0.1, 0.15) is 0 Å². The van der Waals surface area contributed by atoms with Gasteiger partial charge in [-0.15, -0.1) is 11.3 Å². The number of nitrogens with one attached hydrogen (secondary N) is 1. The number of thiophene rings is 1. The number of hydrogen-bond acceptors (Lipinski definition) is 3. The lowest BCUT2D eigenvalue weighted by Gasteiger charge is -2.23. The van der Waals surface area contributed by atoms with Crippen LogP contribution in [-0.4, -0.2) is 18.2 Å². The molecule has 100 valence electrons. The molecule has 4 heteroatoms. The average molecular weight is 330 g/mol. The summed E-state index contributed by atoms with van der Waals surface area (Å²) in [6, 6.07) is 2.11. The highest BCUT2D eigenvalue weighted by Gasteiger charge is 2.41. The van der Waals surface area contributed by atoms with Gasteiger partial charge in [-0.3, -0.25) is 0 Å². The Hall–Kier alpha value is 0.1000. The Balaban J connectivity index is 1.43. The zero-order valence-corrected chi connectivity index (χ0v) is 13.0. The van der Waals surface area contributed by atoms with Crippen LogP contribution >= 0.6 is 27.3 Å². The van der Waals surface area contributed by atoms with E-state index in [0.717, 1.165) is 13.1 Å². The molecule has 2 nitrogen and oxygen atoms in total. The summed E-state index contributed by atoms with van der Waals surface area (Å²) in [6.45, 7) is 1.94. The van der Waals surface area contributed by atoms with Crippen LogP contribution in [-0.2, 0) is 11.3 Å². The van der Waals surface area contributed by atoms with Gasteiger partial charge in [-0.2, -0.15) is 0 Å². The van der Waals surface area contributed by atoms with Gasteiger partial charge in [0.15, 0.2) is 0 Å². The number of hydrogen-bond donors (Lipinski definition) is 1. The van der Waals surface area contributed by atoms with Crippen molar-refractivity contribution in [2.45, 2.75) is 56.8 Å². The van der Waals surface area contributed by atoms with Crippen molar-refractivity contribution in [3.63, 3.8) is 0 Å². The topological polar surface area (TPSA) is 21.3 Å². The van der Waals surface area contributed by atoms with Gasteiger partial charge in [0.25, 0.3) is 0 Å². The zero-order valence-electron chi connectivity index (χ0n) is 10.6. The molecule has 1 spiro atoms. The van der Waals surface area contributed by atoms with Crippen molar-refractivity contribution in [2.75, 3.05) is 6.54 Å². The summed E-state index contributed by atoms with van der Waals surface area (Å²) in [5.41, 5.74) is 0.274. The normalized spacial score (nSPS) is 26.2. The van der Waals surface area contributed by atoms with Crippen LogP contribution in [0, 0.1) is 0 Å². The van der Waals surface area contributed by atoms with E-state index in [1.54, 1.807) is 11.3 Å². The van der Waals surface area contributed by atoms with Gasteiger partial charge in [-0.05, 0) is 53.1 Å². The molecule has 1 aromatic rings. The Labute approximate surface area is 121 Å². The van der Waals surface area contributed by atoms with Crippen LogP contribution < -0.4 is 5.32 Å². The van der Waals surface area contributed by atoms with E-state index in [0.29, 0.717) is 6.10 Å². The van der Waals surface area contributed by atoms with Crippen LogP contribution in [0.5, 0.6) is 0 Å². The lowest BCUT2D eigenvalue weighted by atomic mass is 9.98. The van der Waals surface area contributed by atoms with E-state index >= 15 is 0 Å². The third-order valence-electron chi connectivity index (χ3n) is 4.20. The van der Waals surface area contributed by atoms with Crippen molar-refractivity contribution in [2.24, 2.45) is 0 Å². The molecule has 1 saturated carbocycles. The molecule has 0 aromatic carbocycles. The van der Waals surface area contributed by atoms with Crippen LogP contribution in [0.25, 0.3) is 0 Å². The number of ether oxygens (including phenoxy) is 1. The predicted octanol–water partition coefficient (Wildman–Crippen LogP) is 4.09. The molecule has 0 bridgehead atoms. The maximum absolute atomic E-state index is 6.29. The molecule has 1 unspecified atom stereocenters. The third-order valence-corrected chi connectivity index (χ3v) is 6.13. The minimum Gasteiger partial charge on any atom is -0.370 e. The van der Waals surface area contributed by atoms with Crippen molar-refractivity contribution < 1.29 is 4.74 Å². The standard InChI is InChI=1S/C14H20BrNOS/c15-12-4-8-18-13(12)10-16-9-11-3-7-14(17-11)5-1-2-6-14/h4,8,11,16H,1-3,5-7,9-10H2. The minimum atomic E-state index is 0.274. The monoisotopic (exact) mass is 329 g/mol. The second-order valence-electron chi connectivity index (χ2n) is 5.49. The molecule has 1 aromatic heterocycles. The molecule has 3 rings (SSSR count). The van der Waals surface area contributed by atoms with Gasteiger partial charge >= 0.3 is 0 Å². The Morgan fingerprint density at radius 1 is 1.39 bits per heavy atom. The second kappa shape index (κ2) is 5.61. The van der Waals surface area contributed by atoms with Crippen molar-refractivity contribution in [1.29, 1.82) is 0 Å². The minimum absolute atomic E-state index is 0.274. The smallest absolute Gasteiger partial charge is 0.0708 e. The summed E-state index contributed by atoms with van der Waals surface area (Å²) in [4.78, 5) is 1.38. The number of halogens is 1. The van der Waals surface area contributed by atoms with E-state index < -0.39 is 0 Å². The summed E-state index contributed by atoms with van der Waals surface area (Å²) < 4.78 is 7.51. The molecule has 1 saturated heterocycles. The van der Waals surface area contributed by atoms with Gasteiger partial charge in [0.2, 0.25) is 0 Å². The average Bonchev–Trinajstić information content (AvgIpc) is 3.06. The van der Waals surface area contributed by atoms with Crippen molar-refractivity contribution in [1.82, 2.24) is 5.32 Å². The molecule has 1 aliphatic carbocycles. The highest BCUT2D eigenvalue weighted by molar-refractivity contribution is 9.10. The van der Waals surface area contributed by atoms with Crippen LogP contribution in [0.4, 0.5) is 0 Å². The van der Waals surface area contributed by atoms with Crippen molar-refractivity contribution >= 4 is 27.3 Å². The Kier molecular flexibility index (Phi) is 4.09. The molecule has 2 aliphatic rings. The second-order valence-corrected chi connectivity index (χ2v) is 7.35. The lowest BCUT2D eigenvalue weighted by Crippen LogP contribution is -2.30. The number of rotatable bonds is 4. The SMILES string of the molecule is Brc1ccsc1CNCC1CCC2(CCCC2)O1. The fraction of sp³-hybridized carbons (Fsp3) is 0.714. The van der Waals surface area contributed by atoms with Gasteiger partial charge in [0, 0.05) is 22.4 Å². The van der Waals surface area contributed by atoms with E-state index in [9.17, 15) is 0 Å². The third kappa shape index (κ3) is 2.82. The van der Waals surface area contributed by atoms with Crippen molar-refractivity contribution in [3.05, 3.63) is 20.8 Å². The van der Waals surface area contributed by atoms with Crippen LogP contribution in [0.15, 0.2) is 15.9 Å². The molecule has 0 radical (unpaired) electrons. The van der Waals surface area contributed by atoms with Gasteiger partial charge < -0.3 is 10.1 Å². The first-order chi connectivity index (χ1) is 8.77. The van der Waals surface area contributed by atoms with E-state index in [1.807, 2.05) is 0 Å². The first-order valence-electron chi connectivity index (χ1n) is 6.88. The van der Waals surface area contributed by atoms with Crippen LogP contribution in [0.1, 0.15) is 43.4 Å². The summed E-state index contributed by atoms with van der Waals surface area (Å²) in [5.74, 6) is 0. The molecule has 18 heavy (non-hydrogen) atoms. The fourth-order valence-corrected chi connectivity index (χ4v) is 4.69. The van der Waals surface area contributed by atoms with Gasteiger partial charge in [-0.25, -0.2) is 0 Å². The summed E-state index contributed by atoms with van der Waals surface area (Å²) in [6.07, 6.45) is 8.26. The predicted molar refractivity (Wildman–Crippen MR) is 79.0 cm³/mol. The lowest BCUT2D eigenvalue weighted by molar-refractivity contribution is -0.0351. The van der Waals surface area contributed by atoms with E-state index in [2.05, 4.69) is 32.7 Å². The first kappa shape index (κ1) is 13.1. The summed E-state index contributed by atoms with van der Waals surface area (Å²) in [7, 11) is 0. The van der Waals surface area contributed by atoms with Crippen molar-refractivity contribution in [3.8, 4) is 0 Å². The fourth-order valence-electron chi connectivity index (χ4n) is 3.22. The highest BCUT2D eigenvalue weighted by atomic mass is 79.9. The van der Waals surface area contributed by atoms with E-state index in [4.69, 9.17) is 4.74 Å². The zero-order chi connectivity index (χ0) is 12.4. The molecule has 0 amide bonds. The highest BCUT2D eigenvalue weighted by Crippen LogP contribution is 2.43. The first-order valence-corrected chi connectivity index (χ1v) is 8.55.